The maximum absolute atomic E-state index is 9.95. The smallest absolute Gasteiger partial charge is 0.0824 e. The number of hydrogen-bond acceptors (Lipinski definition) is 2. The first kappa shape index (κ1) is 10.4. The van der Waals surface area contributed by atoms with Crippen molar-refractivity contribution in [3.63, 3.8) is 0 Å². The monoisotopic (exact) mass is 204 g/mol. The number of aliphatic hydroxyl groups excluding tert-OH is 1. The summed E-state index contributed by atoms with van der Waals surface area (Å²) in [5, 5.41) is 19.7. The second-order valence-electron chi connectivity index (χ2n) is 4.42. The minimum absolute atomic E-state index is 0.00595. The molecule has 1 aromatic carbocycles. The van der Waals surface area contributed by atoms with Crippen LogP contribution in [-0.2, 0) is 0 Å². The Morgan fingerprint density at radius 3 is 2.53 bits per heavy atom. The zero-order chi connectivity index (χ0) is 10.9. The van der Waals surface area contributed by atoms with Crippen LogP contribution in [-0.4, -0.2) is 21.9 Å². The number of aliphatic hydroxyl groups is 2. The van der Waals surface area contributed by atoms with Crippen LogP contribution in [0.5, 0.6) is 0 Å². The molecule has 2 rings (SSSR count). The normalized spacial score (nSPS) is 35.4. The van der Waals surface area contributed by atoms with Crippen molar-refractivity contribution in [2.75, 3.05) is 0 Å². The zero-order valence-corrected chi connectivity index (χ0v) is 8.80. The lowest BCUT2D eigenvalue weighted by Crippen LogP contribution is -2.34. The molecule has 0 saturated carbocycles. The SMILES string of the molecule is C[C@]1(O)C=C[C@H](c2ccccc2)[C@H](O)C1. The highest BCUT2D eigenvalue weighted by atomic mass is 16.3. The quantitative estimate of drug-likeness (QED) is 0.685. The van der Waals surface area contributed by atoms with E-state index in [2.05, 4.69) is 0 Å². The van der Waals surface area contributed by atoms with Gasteiger partial charge in [0.1, 0.15) is 0 Å². The minimum atomic E-state index is -0.870. The highest BCUT2D eigenvalue weighted by Crippen LogP contribution is 2.32. The first-order valence-corrected chi connectivity index (χ1v) is 5.23. The summed E-state index contributed by atoms with van der Waals surface area (Å²) in [6.07, 6.45) is 3.55. The molecule has 0 unspecified atom stereocenters. The van der Waals surface area contributed by atoms with Crippen molar-refractivity contribution in [2.24, 2.45) is 0 Å². The van der Waals surface area contributed by atoms with Crippen molar-refractivity contribution in [1.29, 1.82) is 0 Å². The Labute approximate surface area is 89.9 Å². The molecule has 0 aliphatic heterocycles. The largest absolute Gasteiger partial charge is 0.392 e. The standard InChI is InChI=1S/C13H16O2/c1-13(15)8-7-11(12(14)9-13)10-5-3-2-4-6-10/h2-8,11-12,14-15H,9H2,1H3/t11-,12-,13+/m1/s1. The summed E-state index contributed by atoms with van der Waals surface area (Å²) in [5.41, 5.74) is 0.224. The maximum Gasteiger partial charge on any atom is 0.0824 e. The lowest BCUT2D eigenvalue weighted by molar-refractivity contribution is 0.0249. The second kappa shape index (κ2) is 3.80. The van der Waals surface area contributed by atoms with E-state index in [1.807, 2.05) is 36.4 Å². The molecule has 0 aromatic heterocycles. The van der Waals surface area contributed by atoms with Gasteiger partial charge in [-0.1, -0.05) is 42.5 Å². The summed E-state index contributed by atoms with van der Waals surface area (Å²) in [6, 6.07) is 9.88. The van der Waals surface area contributed by atoms with Crippen LogP contribution >= 0.6 is 0 Å². The van der Waals surface area contributed by atoms with Gasteiger partial charge in [-0.2, -0.15) is 0 Å². The van der Waals surface area contributed by atoms with E-state index in [-0.39, 0.29) is 5.92 Å². The summed E-state index contributed by atoms with van der Waals surface area (Å²) in [7, 11) is 0. The molecule has 0 radical (unpaired) electrons. The van der Waals surface area contributed by atoms with Crippen LogP contribution < -0.4 is 0 Å². The van der Waals surface area contributed by atoms with E-state index in [0.29, 0.717) is 6.42 Å². The Morgan fingerprint density at radius 2 is 1.93 bits per heavy atom. The van der Waals surface area contributed by atoms with Crippen molar-refractivity contribution in [2.45, 2.75) is 31.0 Å². The third-order valence-electron chi connectivity index (χ3n) is 2.88. The molecule has 80 valence electrons. The van der Waals surface area contributed by atoms with Gasteiger partial charge in [0.15, 0.2) is 0 Å². The van der Waals surface area contributed by atoms with Gasteiger partial charge in [0, 0.05) is 12.3 Å². The molecule has 2 heteroatoms. The molecule has 0 saturated heterocycles. The molecule has 0 spiro atoms. The average Bonchev–Trinajstić information content (AvgIpc) is 2.17. The summed E-state index contributed by atoms with van der Waals surface area (Å²) in [6.45, 7) is 1.72. The molecule has 2 N–H and O–H groups in total. The Morgan fingerprint density at radius 1 is 1.27 bits per heavy atom. The lowest BCUT2D eigenvalue weighted by Gasteiger charge is -2.32. The zero-order valence-electron chi connectivity index (χ0n) is 8.80. The van der Waals surface area contributed by atoms with Gasteiger partial charge in [-0.05, 0) is 12.5 Å². The molecular weight excluding hydrogens is 188 g/mol. The molecule has 15 heavy (non-hydrogen) atoms. The van der Waals surface area contributed by atoms with E-state index in [9.17, 15) is 10.2 Å². The lowest BCUT2D eigenvalue weighted by atomic mass is 9.80. The van der Waals surface area contributed by atoms with Crippen LogP contribution in [0, 0.1) is 0 Å². The van der Waals surface area contributed by atoms with E-state index in [4.69, 9.17) is 0 Å². The van der Waals surface area contributed by atoms with Crippen LogP contribution in [0.15, 0.2) is 42.5 Å². The van der Waals surface area contributed by atoms with Gasteiger partial charge >= 0.3 is 0 Å². The van der Waals surface area contributed by atoms with Crippen LogP contribution in [0.25, 0.3) is 0 Å². The van der Waals surface area contributed by atoms with E-state index in [1.54, 1.807) is 13.0 Å². The molecule has 0 heterocycles. The summed E-state index contributed by atoms with van der Waals surface area (Å²) in [4.78, 5) is 0. The predicted molar refractivity (Wildman–Crippen MR) is 59.6 cm³/mol. The predicted octanol–water partition coefficient (Wildman–Crippen LogP) is 1.84. The van der Waals surface area contributed by atoms with Crippen molar-refractivity contribution < 1.29 is 10.2 Å². The van der Waals surface area contributed by atoms with E-state index >= 15 is 0 Å². The van der Waals surface area contributed by atoms with Crippen LogP contribution in [0.4, 0.5) is 0 Å². The van der Waals surface area contributed by atoms with Crippen molar-refractivity contribution in [3.05, 3.63) is 48.0 Å². The third-order valence-corrected chi connectivity index (χ3v) is 2.88. The van der Waals surface area contributed by atoms with E-state index in [1.165, 1.54) is 0 Å². The van der Waals surface area contributed by atoms with Crippen molar-refractivity contribution >= 4 is 0 Å². The average molecular weight is 204 g/mol. The maximum atomic E-state index is 9.95. The molecule has 3 atom stereocenters. The van der Waals surface area contributed by atoms with E-state index < -0.39 is 11.7 Å². The summed E-state index contributed by atoms with van der Waals surface area (Å²) < 4.78 is 0. The Hall–Kier alpha value is -1.12. The topological polar surface area (TPSA) is 40.5 Å². The van der Waals surface area contributed by atoms with Crippen LogP contribution in [0.2, 0.25) is 0 Å². The molecule has 1 aliphatic rings. The van der Waals surface area contributed by atoms with E-state index in [0.717, 1.165) is 5.56 Å². The summed E-state index contributed by atoms with van der Waals surface area (Å²) >= 11 is 0. The fourth-order valence-electron chi connectivity index (χ4n) is 2.07. The molecule has 2 nitrogen and oxygen atoms in total. The highest BCUT2D eigenvalue weighted by Gasteiger charge is 2.31. The number of hydrogen-bond donors (Lipinski definition) is 2. The van der Waals surface area contributed by atoms with Gasteiger partial charge in [-0.15, -0.1) is 0 Å². The molecule has 0 bridgehead atoms. The van der Waals surface area contributed by atoms with Gasteiger partial charge in [0.2, 0.25) is 0 Å². The minimum Gasteiger partial charge on any atom is -0.392 e. The fraction of sp³-hybridized carbons (Fsp3) is 0.385. The van der Waals surface area contributed by atoms with Crippen LogP contribution in [0.3, 0.4) is 0 Å². The van der Waals surface area contributed by atoms with Gasteiger partial charge < -0.3 is 10.2 Å². The van der Waals surface area contributed by atoms with Gasteiger partial charge in [0.25, 0.3) is 0 Å². The Bertz CT molecular complexity index is 354. The first-order valence-electron chi connectivity index (χ1n) is 5.23. The second-order valence-corrected chi connectivity index (χ2v) is 4.42. The molecule has 1 aromatic rings. The van der Waals surface area contributed by atoms with Crippen molar-refractivity contribution in [3.8, 4) is 0 Å². The van der Waals surface area contributed by atoms with Crippen molar-refractivity contribution in [1.82, 2.24) is 0 Å². The number of benzene rings is 1. The van der Waals surface area contributed by atoms with Gasteiger partial charge in [-0.25, -0.2) is 0 Å². The van der Waals surface area contributed by atoms with Gasteiger partial charge in [0.05, 0.1) is 11.7 Å². The van der Waals surface area contributed by atoms with Crippen LogP contribution in [0.1, 0.15) is 24.8 Å². The first-order chi connectivity index (χ1) is 7.08. The fourth-order valence-corrected chi connectivity index (χ4v) is 2.07. The molecular formula is C13H16O2. The third kappa shape index (κ3) is 2.28. The summed E-state index contributed by atoms with van der Waals surface area (Å²) in [5.74, 6) is 0.00595. The Balaban J connectivity index is 2.26. The molecule has 0 amide bonds. The molecule has 0 fully saturated rings. The number of rotatable bonds is 1. The Kier molecular flexibility index (Phi) is 2.63. The van der Waals surface area contributed by atoms with Gasteiger partial charge in [-0.3, -0.25) is 0 Å². The molecule has 1 aliphatic carbocycles. The highest BCUT2D eigenvalue weighted by molar-refractivity contribution is 5.28.